The Morgan fingerprint density at radius 2 is 2.10 bits per heavy atom. The summed E-state index contributed by atoms with van der Waals surface area (Å²) in [4.78, 5) is 11.9. The quantitative estimate of drug-likeness (QED) is 0.846. The molecule has 2 N–H and O–H groups in total. The van der Waals surface area contributed by atoms with Crippen LogP contribution < -0.4 is 5.32 Å². The van der Waals surface area contributed by atoms with Crippen LogP contribution in [0.1, 0.15) is 33.7 Å². The number of amides is 1. The standard InChI is InChI=1S/C17H17NO3/c1-13-10-16(12-21-13)17(20)18-11-15-7-5-14(6-8-15)4-2-3-9-19/h5-8,10,12,19H,3,9,11H2,1H3,(H,18,20). The molecule has 2 rings (SSSR count). The van der Waals surface area contributed by atoms with Gasteiger partial charge < -0.3 is 14.8 Å². The molecule has 4 nitrogen and oxygen atoms in total. The maximum absolute atomic E-state index is 11.9. The monoisotopic (exact) mass is 283 g/mol. The van der Waals surface area contributed by atoms with Crippen molar-refractivity contribution < 1.29 is 14.3 Å². The highest BCUT2D eigenvalue weighted by Crippen LogP contribution is 2.07. The van der Waals surface area contributed by atoms with E-state index in [0.29, 0.717) is 24.3 Å². The van der Waals surface area contributed by atoms with Crippen LogP contribution in [0.4, 0.5) is 0 Å². The van der Waals surface area contributed by atoms with Crippen molar-refractivity contribution >= 4 is 5.91 Å². The number of benzene rings is 1. The Morgan fingerprint density at radius 1 is 1.33 bits per heavy atom. The van der Waals surface area contributed by atoms with E-state index in [2.05, 4.69) is 17.2 Å². The molecular formula is C17H17NO3. The van der Waals surface area contributed by atoms with Gasteiger partial charge in [-0.15, -0.1) is 0 Å². The second kappa shape index (κ2) is 7.32. The van der Waals surface area contributed by atoms with E-state index in [-0.39, 0.29) is 12.5 Å². The summed E-state index contributed by atoms with van der Waals surface area (Å²) >= 11 is 0. The Morgan fingerprint density at radius 3 is 2.71 bits per heavy atom. The van der Waals surface area contributed by atoms with Gasteiger partial charge in [-0.2, -0.15) is 0 Å². The first-order valence-electron chi connectivity index (χ1n) is 6.71. The summed E-state index contributed by atoms with van der Waals surface area (Å²) in [6.45, 7) is 2.32. The Labute approximate surface area is 123 Å². The van der Waals surface area contributed by atoms with E-state index in [4.69, 9.17) is 9.52 Å². The van der Waals surface area contributed by atoms with Crippen LogP contribution in [0, 0.1) is 18.8 Å². The van der Waals surface area contributed by atoms with Gasteiger partial charge in [0, 0.05) is 18.5 Å². The van der Waals surface area contributed by atoms with Crippen LogP contribution in [-0.2, 0) is 6.54 Å². The first-order chi connectivity index (χ1) is 10.2. The summed E-state index contributed by atoms with van der Waals surface area (Å²) in [6.07, 6.45) is 1.92. The predicted octanol–water partition coefficient (Wildman–Crippen LogP) is 2.25. The van der Waals surface area contributed by atoms with Gasteiger partial charge in [0.2, 0.25) is 0 Å². The zero-order valence-corrected chi connectivity index (χ0v) is 11.8. The lowest BCUT2D eigenvalue weighted by Gasteiger charge is -2.03. The fourth-order valence-corrected chi connectivity index (χ4v) is 1.77. The van der Waals surface area contributed by atoms with Crippen molar-refractivity contribution in [3.8, 4) is 11.8 Å². The summed E-state index contributed by atoms with van der Waals surface area (Å²) in [5.41, 5.74) is 2.42. The maximum atomic E-state index is 11.9. The van der Waals surface area contributed by atoms with Crippen LogP contribution in [0.3, 0.4) is 0 Å². The summed E-state index contributed by atoms with van der Waals surface area (Å²) in [5, 5.41) is 11.5. The van der Waals surface area contributed by atoms with Crippen molar-refractivity contribution in [2.24, 2.45) is 0 Å². The number of hydrogen-bond acceptors (Lipinski definition) is 3. The molecule has 0 spiro atoms. The Kier molecular flexibility index (Phi) is 5.19. The van der Waals surface area contributed by atoms with E-state index >= 15 is 0 Å². The van der Waals surface area contributed by atoms with Crippen molar-refractivity contribution in [2.75, 3.05) is 6.61 Å². The average molecular weight is 283 g/mol. The molecule has 0 radical (unpaired) electrons. The number of hydrogen-bond donors (Lipinski definition) is 2. The number of nitrogens with one attached hydrogen (secondary N) is 1. The zero-order chi connectivity index (χ0) is 15.1. The first kappa shape index (κ1) is 14.9. The van der Waals surface area contributed by atoms with E-state index in [1.165, 1.54) is 6.26 Å². The van der Waals surface area contributed by atoms with Crippen LogP contribution in [0.25, 0.3) is 0 Å². The number of rotatable bonds is 4. The molecule has 0 unspecified atom stereocenters. The first-order valence-corrected chi connectivity index (χ1v) is 6.71. The Balaban J connectivity index is 1.89. The summed E-state index contributed by atoms with van der Waals surface area (Å²) < 4.78 is 5.11. The van der Waals surface area contributed by atoms with E-state index in [1.54, 1.807) is 13.0 Å². The molecule has 0 fully saturated rings. The second-order valence-electron chi connectivity index (χ2n) is 4.60. The van der Waals surface area contributed by atoms with Crippen molar-refractivity contribution in [3.05, 3.63) is 59.0 Å². The highest BCUT2D eigenvalue weighted by Gasteiger charge is 2.07. The van der Waals surface area contributed by atoms with Crippen molar-refractivity contribution in [1.29, 1.82) is 0 Å². The second-order valence-corrected chi connectivity index (χ2v) is 4.60. The molecule has 1 aromatic carbocycles. The van der Waals surface area contributed by atoms with Crippen molar-refractivity contribution in [2.45, 2.75) is 19.9 Å². The van der Waals surface area contributed by atoms with E-state index in [0.717, 1.165) is 11.1 Å². The van der Waals surface area contributed by atoms with Crippen LogP contribution in [0.15, 0.2) is 41.0 Å². The van der Waals surface area contributed by atoms with Gasteiger partial charge in [-0.25, -0.2) is 0 Å². The molecule has 4 heteroatoms. The number of carbonyl (C=O) groups excluding carboxylic acids is 1. The molecule has 1 heterocycles. The van der Waals surface area contributed by atoms with Gasteiger partial charge in [0.05, 0.1) is 12.2 Å². The molecule has 1 aromatic heterocycles. The van der Waals surface area contributed by atoms with E-state index in [9.17, 15) is 4.79 Å². The minimum atomic E-state index is -0.154. The molecule has 0 saturated carbocycles. The predicted molar refractivity (Wildman–Crippen MR) is 79.6 cm³/mol. The van der Waals surface area contributed by atoms with Crippen molar-refractivity contribution in [3.63, 3.8) is 0 Å². The minimum absolute atomic E-state index is 0.0740. The average Bonchev–Trinajstić information content (AvgIpc) is 2.93. The number of aliphatic hydroxyl groups is 1. The molecule has 108 valence electrons. The lowest BCUT2D eigenvalue weighted by molar-refractivity contribution is 0.0950. The molecule has 0 saturated heterocycles. The minimum Gasteiger partial charge on any atom is -0.469 e. The molecule has 0 aliphatic rings. The number of carbonyl (C=O) groups is 1. The highest BCUT2D eigenvalue weighted by atomic mass is 16.3. The normalized spacial score (nSPS) is 9.81. The van der Waals surface area contributed by atoms with Gasteiger partial charge in [-0.3, -0.25) is 4.79 Å². The fraction of sp³-hybridized carbons (Fsp3) is 0.235. The van der Waals surface area contributed by atoms with Gasteiger partial charge in [-0.05, 0) is 30.7 Å². The van der Waals surface area contributed by atoms with Crippen LogP contribution in [-0.4, -0.2) is 17.6 Å². The lowest BCUT2D eigenvalue weighted by Crippen LogP contribution is -2.22. The fourth-order valence-electron chi connectivity index (χ4n) is 1.77. The van der Waals surface area contributed by atoms with Gasteiger partial charge in [0.1, 0.15) is 12.0 Å². The molecule has 0 aliphatic carbocycles. The maximum Gasteiger partial charge on any atom is 0.254 e. The van der Waals surface area contributed by atoms with E-state index < -0.39 is 0 Å². The third-order valence-electron chi connectivity index (χ3n) is 2.87. The molecular weight excluding hydrogens is 266 g/mol. The zero-order valence-electron chi connectivity index (χ0n) is 11.8. The number of aliphatic hydroxyl groups excluding tert-OH is 1. The smallest absolute Gasteiger partial charge is 0.254 e. The SMILES string of the molecule is Cc1cc(C(=O)NCc2ccc(C#CCCO)cc2)co1. The molecule has 21 heavy (non-hydrogen) atoms. The third kappa shape index (κ3) is 4.51. The molecule has 0 atom stereocenters. The lowest BCUT2D eigenvalue weighted by atomic mass is 10.1. The molecule has 2 aromatic rings. The largest absolute Gasteiger partial charge is 0.469 e. The highest BCUT2D eigenvalue weighted by molar-refractivity contribution is 5.93. The number of furan rings is 1. The Hall–Kier alpha value is -2.51. The van der Waals surface area contributed by atoms with Crippen LogP contribution >= 0.6 is 0 Å². The number of aryl methyl sites for hydroxylation is 1. The third-order valence-corrected chi connectivity index (χ3v) is 2.87. The van der Waals surface area contributed by atoms with Gasteiger partial charge in [-0.1, -0.05) is 24.0 Å². The summed E-state index contributed by atoms with van der Waals surface area (Å²) in [6, 6.07) is 9.34. The topological polar surface area (TPSA) is 62.5 Å². The summed E-state index contributed by atoms with van der Waals surface area (Å²) in [7, 11) is 0. The van der Waals surface area contributed by atoms with Crippen LogP contribution in [0.5, 0.6) is 0 Å². The van der Waals surface area contributed by atoms with Gasteiger partial charge in [0.15, 0.2) is 0 Å². The molecule has 0 aliphatic heterocycles. The van der Waals surface area contributed by atoms with Crippen LogP contribution in [0.2, 0.25) is 0 Å². The van der Waals surface area contributed by atoms with Crippen molar-refractivity contribution in [1.82, 2.24) is 5.32 Å². The molecule has 0 bridgehead atoms. The van der Waals surface area contributed by atoms with Gasteiger partial charge >= 0.3 is 0 Å². The Bertz CT molecular complexity index is 659. The van der Waals surface area contributed by atoms with Gasteiger partial charge in [0.25, 0.3) is 5.91 Å². The van der Waals surface area contributed by atoms with E-state index in [1.807, 2.05) is 24.3 Å². The summed E-state index contributed by atoms with van der Waals surface area (Å²) in [5.74, 6) is 6.38. The molecule has 1 amide bonds.